The Hall–Kier alpha value is -5.62. The van der Waals surface area contributed by atoms with Gasteiger partial charge in [-0.1, -0.05) is 53.7 Å². The summed E-state index contributed by atoms with van der Waals surface area (Å²) in [5, 5.41) is 9.38. The Labute approximate surface area is 399 Å². The van der Waals surface area contributed by atoms with Crippen molar-refractivity contribution in [2.45, 2.75) is 123 Å². The zero-order valence-electron chi connectivity index (χ0n) is 41.0. The molecule has 5 aromatic rings. The molecular formula is C51H71N11O6. The van der Waals surface area contributed by atoms with Crippen LogP contribution in [0, 0.1) is 17.8 Å². The number of amides is 3. The van der Waals surface area contributed by atoms with Crippen LogP contribution in [0.5, 0.6) is 0 Å². The van der Waals surface area contributed by atoms with Crippen molar-refractivity contribution in [1.82, 2.24) is 50.7 Å². The van der Waals surface area contributed by atoms with Crippen LogP contribution in [0.25, 0.3) is 22.1 Å². The lowest BCUT2D eigenvalue weighted by molar-refractivity contribution is -0.137. The third-order valence-corrected chi connectivity index (χ3v) is 13.7. The summed E-state index contributed by atoms with van der Waals surface area (Å²) in [6, 6.07) is 16.0. The summed E-state index contributed by atoms with van der Waals surface area (Å²) in [6.45, 7) is 14.8. The molecular weight excluding hydrogens is 863 g/mol. The van der Waals surface area contributed by atoms with Gasteiger partial charge in [-0.05, 0) is 104 Å². The number of likely N-dealkylation sites (tertiary alicyclic amines) is 2. The number of pyridine rings is 1. The van der Waals surface area contributed by atoms with Gasteiger partial charge in [0.2, 0.25) is 11.8 Å². The number of rotatable bonds is 19. The molecule has 0 spiro atoms. The Bertz CT molecular complexity index is 2370. The lowest BCUT2D eigenvalue weighted by atomic mass is 10.0. The summed E-state index contributed by atoms with van der Waals surface area (Å²) < 4.78 is 15.9. The number of H-pyrrole nitrogens is 2. The highest BCUT2D eigenvalue weighted by Gasteiger charge is 2.40. The largest absolute Gasteiger partial charge is 0.449 e. The Balaban J connectivity index is 1.08. The third kappa shape index (κ3) is 10.7. The highest BCUT2D eigenvalue weighted by molar-refractivity contribution is 5.84. The summed E-state index contributed by atoms with van der Waals surface area (Å²) >= 11 is 0. The molecule has 8 rings (SSSR count). The predicted molar refractivity (Wildman–Crippen MR) is 261 cm³/mol. The molecule has 68 heavy (non-hydrogen) atoms. The van der Waals surface area contributed by atoms with E-state index in [-0.39, 0.29) is 72.4 Å². The number of anilines is 1. The van der Waals surface area contributed by atoms with Gasteiger partial charge in [0.25, 0.3) is 0 Å². The number of hydrogen-bond acceptors (Lipinski definition) is 12. The van der Waals surface area contributed by atoms with Gasteiger partial charge in [-0.15, -0.1) is 0 Å². The van der Waals surface area contributed by atoms with E-state index < -0.39 is 6.09 Å². The summed E-state index contributed by atoms with van der Waals surface area (Å²) in [5.41, 5.74) is 7.57. The van der Waals surface area contributed by atoms with E-state index in [1.54, 1.807) is 14.2 Å². The zero-order chi connectivity index (χ0) is 48.1. The minimum Gasteiger partial charge on any atom is -0.449 e. The third-order valence-electron chi connectivity index (χ3n) is 13.7. The molecule has 6 heterocycles. The molecule has 3 aliphatic rings. The average molecular weight is 934 g/mol. The number of carbonyl (C=O) groups is 3. The molecule has 0 unspecified atom stereocenters. The molecule has 3 aromatic heterocycles. The van der Waals surface area contributed by atoms with Crippen LogP contribution in [-0.2, 0) is 30.3 Å². The predicted octanol–water partition coefficient (Wildman–Crippen LogP) is 7.56. The van der Waals surface area contributed by atoms with Crippen molar-refractivity contribution >= 4 is 45.7 Å². The minimum absolute atomic E-state index is 0.00265. The molecule has 0 radical (unpaired) electrons. The highest BCUT2D eigenvalue weighted by atomic mass is 16.5. The van der Waals surface area contributed by atoms with Gasteiger partial charge >= 0.3 is 6.09 Å². The molecule has 0 saturated carbocycles. The fraction of sp³-hybridized carbons (Fsp3) is 0.569. The van der Waals surface area contributed by atoms with Gasteiger partial charge in [-0.2, -0.15) is 0 Å². The van der Waals surface area contributed by atoms with E-state index in [2.05, 4.69) is 101 Å². The van der Waals surface area contributed by atoms with Crippen LogP contribution in [0.15, 0.2) is 54.7 Å². The van der Waals surface area contributed by atoms with Crippen molar-refractivity contribution in [2.24, 2.45) is 17.8 Å². The van der Waals surface area contributed by atoms with E-state index in [9.17, 15) is 14.4 Å². The van der Waals surface area contributed by atoms with E-state index >= 15 is 0 Å². The van der Waals surface area contributed by atoms with E-state index in [4.69, 9.17) is 29.2 Å². The van der Waals surface area contributed by atoms with Crippen LogP contribution in [0.2, 0.25) is 0 Å². The molecule has 0 bridgehead atoms. The molecule has 17 nitrogen and oxygen atoms in total. The number of aromatic nitrogens is 5. The maximum atomic E-state index is 13.9. The molecule has 6 atom stereocenters. The van der Waals surface area contributed by atoms with Crippen molar-refractivity contribution in [2.75, 3.05) is 52.3 Å². The quantitative estimate of drug-likeness (QED) is 0.0511. The van der Waals surface area contributed by atoms with Gasteiger partial charge in [-0.25, -0.2) is 14.8 Å². The number of imidazole rings is 2. The lowest BCUT2D eigenvalue weighted by Crippen LogP contribution is -2.49. The van der Waals surface area contributed by atoms with Crippen molar-refractivity contribution in [1.29, 1.82) is 0 Å². The Morgan fingerprint density at radius 2 is 1.21 bits per heavy atom. The van der Waals surface area contributed by atoms with Gasteiger partial charge in [-0.3, -0.25) is 25.2 Å². The zero-order valence-corrected chi connectivity index (χ0v) is 41.0. The maximum Gasteiger partial charge on any atom is 0.407 e. The second kappa shape index (κ2) is 21.8. The number of hydrogen-bond donors (Lipinski definition) is 5. The minimum atomic E-state index is -0.462. The monoisotopic (exact) mass is 934 g/mol. The van der Waals surface area contributed by atoms with Gasteiger partial charge in [0.1, 0.15) is 11.6 Å². The molecule has 3 amide bonds. The number of benzene rings is 2. The smallest absolute Gasteiger partial charge is 0.407 e. The van der Waals surface area contributed by atoms with Crippen molar-refractivity contribution in [3.63, 3.8) is 0 Å². The fourth-order valence-electron chi connectivity index (χ4n) is 10.3. The van der Waals surface area contributed by atoms with Gasteiger partial charge < -0.3 is 44.2 Å². The van der Waals surface area contributed by atoms with Gasteiger partial charge in [0.15, 0.2) is 0 Å². The van der Waals surface area contributed by atoms with E-state index in [1.165, 1.54) is 0 Å². The number of methoxy groups -OCH3 is 2. The summed E-state index contributed by atoms with van der Waals surface area (Å²) in [4.78, 5) is 68.9. The van der Waals surface area contributed by atoms with Crippen LogP contribution in [-0.4, -0.2) is 112 Å². The van der Waals surface area contributed by atoms with Gasteiger partial charge in [0.05, 0.1) is 103 Å². The molecule has 366 valence electrons. The molecule has 0 aliphatic carbocycles. The maximum absolute atomic E-state index is 13.9. The topological polar surface area (TPSA) is 195 Å². The van der Waals surface area contributed by atoms with Crippen molar-refractivity contribution in [3.8, 4) is 0 Å². The molecule has 3 fully saturated rings. The van der Waals surface area contributed by atoms with Crippen LogP contribution < -0.4 is 20.9 Å². The molecule has 5 N–H and O–H groups in total. The second-order valence-corrected chi connectivity index (χ2v) is 19.8. The first-order chi connectivity index (χ1) is 32.8. The van der Waals surface area contributed by atoms with Crippen LogP contribution in [0.1, 0.15) is 133 Å². The average Bonchev–Trinajstić information content (AvgIpc) is 4.19. The number of ether oxygens (including phenoxy) is 3. The molecule has 3 aliphatic heterocycles. The summed E-state index contributed by atoms with van der Waals surface area (Å²) in [5.74, 6) is 2.19. The van der Waals surface area contributed by atoms with Crippen LogP contribution >= 0.6 is 0 Å². The Morgan fingerprint density at radius 1 is 0.691 bits per heavy atom. The normalized spacial score (nSPS) is 20.7. The van der Waals surface area contributed by atoms with E-state index in [1.807, 2.05) is 35.9 Å². The van der Waals surface area contributed by atoms with Gasteiger partial charge in [0, 0.05) is 27.3 Å². The standard InChI is InChI=1S/C51H71N11O6/c1-30(2)27-68-51(65)53-25-35-15-16-36(26-52-35)62-41(33-13-17-37-39(23-33)58-47(56-37)43-11-9-21-60(43)49(63)45(31(3)4)54-28-66-7)19-20-42(62)34-14-18-38-40(24-34)59-48(57-38)44-12-10-22-61(44)50(64)46(32(5)6)55-29-67-8/h13-18,23-24,26,30-32,41-46,54-55H,9-12,19-22,25,27-29H2,1-8H3,(H,53,65)(H,56,58)(H,57,59)/t41-,42-,43+,44+,45+,46+/m1/s1. The first-order valence-corrected chi connectivity index (χ1v) is 24.5. The summed E-state index contributed by atoms with van der Waals surface area (Å²) in [6.07, 6.45) is 6.71. The highest BCUT2D eigenvalue weighted by Crippen LogP contribution is 2.48. The number of fused-ring (bicyclic) bond motifs is 2. The first-order valence-electron chi connectivity index (χ1n) is 24.5. The SMILES string of the molecule is COCN[C@H](C(=O)N1CCC[C@H]1c1nc2ccc([C@H]3CC[C@H](c4ccc5nc([C@@H]6CCCN6C(=O)[C@@H](NCOC)C(C)C)[nH]c5c4)N3c3ccc(CNC(=O)OCC(C)C)nc3)cc2[nH]1)C(C)C. The second-order valence-electron chi connectivity index (χ2n) is 19.8. The van der Waals surface area contributed by atoms with E-state index in [0.717, 1.165) is 94.7 Å². The van der Waals surface area contributed by atoms with Crippen LogP contribution in [0.4, 0.5) is 10.5 Å². The number of alkyl carbamates (subject to hydrolysis) is 1. The number of nitrogens with one attached hydrogen (secondary N) is 5. The Morgan fingerprint density at radius 3 is 1.65 bits per heavy atom. The molecule has 17 heteroatoms. The van der Waals surface area contributed by atoms with E-state index in [0.29, 0.717) is 33.2 Å². The van der Waals surface area contributed by atoms with Crippen molar-refractivity contribution < 1.29 is 28.6 Å². The van der Waals surface area contributed by atoms with Crippen molar-refractivity contribution in [3.05, 3.63) is 83.2 Å². The number of carbonyl (C=O) groups excluding carboxylic acids is 3. The Kier molecular flexibility index (Phi) is 15.6. The lowest BCUT2D eigenvalue weighted by Gasteiger charge is -2.33. The molecule has 3 saturated heterocycles. The number of aromatic amines is 2. The fourth-order valence-corrected chi connectivity index (χ4v) is 10.3. The molecule has 2 aromatic carbocycles. The van der Waals surface area contributed by atoms with Crippen LogP contribution in [0.3, 0.4) is 0 Å². The number of nitrogens with zero attached hydrogens (tertiary/aromatic N) is 6. The summed E-state index contributed by atoms with van der Waals surface area (Å²) in [7, 11) is 3.25. The first kappa shape index (κ1) is 48.8.